The lowest BCUT2D eigenvalue weighted by Crippen LogP contribution is -2.42. The van der Waals surface area contributed by atoms with Crippen LogP contribution in [0.1, 0.15) is 97.3 Å². The van der Waals surface area contributed by atoms with Crippen molar-refractivity contribution < 1.29 is 14.3 Å². The van der Waals surface area contributed by atoms with Gasteiger partial charge in [0.15, 0.2) is 0 Å². The minimum atomic E-state index is -0.554. The molecule has 0 aliphatic carbocycles. The molecule has 0 bridgehead atoms. The van der Waals surface area contributed by atoms with E-state index >= 15 is 0 Å². The minimum Gasteiger partial charge on any atom is -0.464 e. The average molecular weight is 357 g/mol. The van der Waals surface area contributed by atoms with Gasteiger partial charge in [0.1, 0.15) is 6.04 Å². The van der Waals surface area contributed by atoms with Crippen LogP contribution in [0.2, 0.25) is 0 Å². The Morgan fingerprint density at radius 1 is 0.880 bits per heavy atom. The van der Waals surface area contributed by atoms with Crippen molar-refractivity contribution in [3.63, 3.8) is 0 Å². The molecule has 5 nitrogen and oxygen atoms in total. The molecule has 0 saturated carbocycles. The number of amides is 1. The van der Waals surface area contributed by atoms with Gasteiger partial charge in [-0.2, -0.15) is 0 Å². The van der Waals surface area contributed by atoms with E-state index < -0.39 is 6.04 Å². The van der Waals surface area contributed by atoms with E-state index in [-0.39, 0.29) is 11.9 Å². The number of carbonyl (C=O) groups excluding carboxylic acids is 2. The molecule has 0 rings (SSSR count). The summed E-state index contributed by atoms with van der Waals surface area (Å²) >= 11 is 0. The number of hydrogen-bond acceptors (Lipinski definition) is 4. The quantitative estimate of drug-likeness (QED) is 0.304. The van der Waals surface area contributed by atoms with Gasteiger partial charge in [-0.05, 0) is 32.2 Å². The third kappa shape index (κ3) is 14.9. The fraction of sp³-hybridized carbons (Fsp3) is 0.900. The molecule has 0 spiro atoms. The van der Waals surface area contributed by atoms with Crippen molar-refractivity contribution in [1.29, 1.82) is 0 Å². The molecule has 0 heterocycles. The highest BCUT2D eigenvalue weighted by atomic mass is 16.5. The first-order valence-electron chi connectivity index (χ1n) is 10.3. The van der Waals surface area contributed by atoms with Crippen LogP contribution in [-0.2, 0) is 14.3 Å². The predicted molar refractivity (Wildman–Crippen MR) is 103 cm³/mol. The summed E-state index contributed by atoms with van der Waals surface area (Å²) < 4.78 is 5.15. The van der Waals surface area contributed by atoms with Crippen molar-refractivity contribution in [2.45, 2.75) is 103 Å². The van der Waals surface area contributed by atoms with Crippen molar-refractivity contribution in [2.24, 2.45) is 5.73 Å². The Kier molecular flexibility index (Phi) is 16.9. The van der Waals surface area contributed by atoms with Crippen LogP contribution < -0.4 is 11.1 Å². The van der Waals surface area contributed by atoms with Crippen LogP contribution in [0.4, 0.5) is 0 Å². The number of ether oxygens (including phenoxy) is 1. The summed E-state index contributed by atoms with van der Waals surface area (Å²) in [7, 11) is 0. The Labute approximate surface area is 154 Å². The second-order valence-electron chi connectivity index (χ2n) is 6.80. The number of nitrogens with two attached hydrogens (primary N) is 1. The SMILES string of the molecule is CCCCCCCCCCCC(=O)NC(CCCN)C(=O)OCCC. The van der Waals surface area contributed by atoms with E-state index in [9.17, 15) is 9.59 Å². The van der Waals surface area contributed by atoms with Gasteiger partial charge in [-0.25, -0.2) is 4.79 Å². The zero-order chi connectivity index (χ0) is 18.8. The van der Waals surface area contributed by atoms with Crippen LogP contribution in [0.15, 0.2) is 0 Å². The monoisotopic (exact) mass is 356 g/mol. The van der Waals surface area contributed by atoms with E-state index in [0.29, 0.717) is 32.4 Å². The Bertz CT molecular complexity index is 335. The smallest absolute Gasteiger partial charge is 0.328 e. The molecule has 0 aromatic rings. The largest absolute Gasteiger partial charge is 0.464 e. The lowest BCUT2D eigenvalue weighted by Gasteiger charge is -2.17. The van der Waals surface area contributed by atoms with E-state index in [2.05, 4.69) is 12.2 Å². The van der Waals surface area contributed by atoms with Gasteiger partial charge in [0.2, 0.25) is 5.91 Å². The van der Waals surface area contributed by atoms with Crippen molar-refractivity contribution >= 4 is 11.9 Å². The second-order valence-corrected chi connectivity index (χ2v) is 6.80. The maximum atomic E-state index is 12.1. The maximum absolute atomic E-state index is 12.1. The molecule has 0 saturated heterocycles. The van der Waals surface area contributed by atoms with Crippen molar-refractivity contribution in [3.05, 3.63) is 0 Å². The van der Waals surface area contributed by atoms with Crippen LogP contribution in [0.5, 0.6) is 0 Å². The molecule has 25 heavy (non-hydrogen) atoms. The third-order valence-electron chi connectivity index (χ3n) is 4.27. The number of carbonyl (C=O) groups is 2. The van der Waals surface area contributed by atoms with Gasteiger partial charge in [0.05, 0.1) is 6.61 Å². The topological polar surface area (TPSA) is 81.4 Å². The Morgan fingerprint density at radius 3 is 2.04 bits per heavy atom. The van der Waals surface area contributed by atoms with Crippen molar-refractivity contribution in [3.8, 4) is 0 Å². The molecular formula is C20H40N2O3. The van der Waals surface area contributed by atoms with Gasteiger partial charge in [0, 0.05) is 6.42 Å². The van der Waals surface area contributed by atoms with E-state index in [1.165, 1.54) is 44.9 Å². The number of unbranched alkanes of at least 4 members (excludes halogenated alkanes) is 8. The van der Waals surface area contributed by atoms with E-state index in [4.69, 9.17) is 10.5 Å². The first-order valence-corrected chi connectivity index (χ1v) is 10.3. The van der Waals surface area contributed by atoms with Crippen LogP contribution >= 0.6 is 0 Å². The van der Waals surface area contributed by atoms with E-state index in [0.717, 1.165) is 19.3 Å². The summed E-state index contributed by atoms with van der Waals surface area (Å²) in [4.78, 5) is 24.0. The first kappa shape index (κ1) is 23.9. The molecule has 0 radical (unpaired) electrons. The average Bonchev–Trinajstić information content (AvgIpc) is 2.61. The number of nitrogens with one attached hydrogen (secondary N) is 1. The molecule has 1 atom stereocenters. The second kappa shape index (κ2) is 17.7. The van der Waals surface area contributed by atoms with E-state index in [1.54, 1.807) is 0 Å². The molecule has 1 unspecified atom stereocenters. The number of rotatable bonds is 17. The fourth-order valence-corrected chi connectivity index (χ4v) is 2.74. The molecule has 0 fully saturated rings. The Morgan fingerprint density at radius 2 is 1.48 bits per heavy atom. The number of esters is 1. The van der Waals surface area contributed by atoms with Gasteiger partial charge in [0.25, 0.3) is 0 Å². The zero-order valence-electron chi connectivity index (χ0n) is 16.5. The lowest BCUT2D eigenvalue weighted by atomic mass is 10.1. The highest BCUT2D eigenvalue weighted by Crippen LogP contribution is 2.10. The third-order valence-corrected chi connectivity index (χ3v) is 4.27. The fourth-order valence-electron chi connectivity index (χ4n) is 2.74. The van der Waals surface area contributed by atoms with Gasteiger partial charge in [-0.15, -0.1) is 0 Å². The highest BCUT2D eigenvalue weighted by molar-refractivity contribution is 5.84. The Hall–Kier alpha value is -1.10. The minimum absolute atomic E-state index is 0.0570. The molecule has 0 aliphatic heterocycles. The van der Waals surface area contributed by atoms with Gasteiger partial charge < -0.3 is 15.8 Å². The molecule has 0 aliphatic rings. The summed E-state index contributed by atoms with van der Waals surface area (Å²) in [6.45, 7) is 5.08. The van der Waals surface area contributed by atoms with Crippen molar-refractivity contribution in [2.75, 3.05) is 13.2 Å². The zero-order valence-corrected chi connectivity index (χ0v) is 16.5. The molecule has 0 aromatic carbocycles. The van der Waals surface area contributed by atoms with Crippen molar-refractivity contribution in [1.82, 2.24) is 5.32 Å². The predicted octanol–water partition coefficient (Wildman–Crippen LogP) is 4.08. The maximum Gasteiger partial charge on any atom is 0.328 e. The van der Waals surface area contributed by atoms with Gasteiger partial charge in [-0.3, -0.25) is 4.79 Å². The van der Waals surface area contributed by atoms with Crippen LogP contribution in [0.3, 0.4) is 0 Å². The summed E-state index contributed by atoms with van der Waals surface area (Å²) in [5.74, 6) is -0.394. The van der Waals surface area contributed by atoms with Gasteiger partial charge >= 0.3 is 5.97 Å². The standard InChI is InChI=1S/C20H40N2O3/c1-3-5-6-7-8-9-10-11-12-15-19(23)22-18(14-13-16-21)20(24)25-17-4-2/h18H,3-17,21H2,1-2H3,(H,22,23). The molecule has 148 valence electrons. The van der Waals surface area contributed by atoms with Gasteiger partial charge in [-0.1, -0.05) is 65.2 Å². The Balaban J connectivity index is 3.84. The summed E-state index contributed by atoms with van der Waals surface area (Å²) in [6, 6.07) is -0.554. The normalized spacial score (nSPS) is 12.0. The van der Waals surface area contributed by atoms with Crippen LogP contribution in [0.25, 0.3) is 0 Å². The first-order chi connectivity index (χ1) is 12.2. The number of hydrogen-bond donors (Lipinski definition) is 2. The lowest BCUT2D eigenvalue weighted by molar-refractivity contribution is -0.148. The summed E-state index contributed by atoms with van der Waals surface area (Å²) in [5, 5.41) is 2.82. The summed E-state index contributed by atoms with van der Waals surface area (Å²) in [5.41, 5.74) is 5.51. The molecule has 3 N–H and O–H groups in total. The van der Waals surface area contributed by atoms with E-state index in [1.807, 2.05) is 6.92 Å². The highest BCUT2D eigenvalue weighted by Gasteiger charge is 2.21. The molecule has 1 amide bonds. The summed E-state index contributed by atoms with van der Waals surface area (Å²) in [6.07, 6.45) is 13.5. The van der Waals surface area contributed by atoms with Crippen LogP contribution in [-0.4, -0.2) is 31.1 Å². The van der Waals surface area contributed by atoms with Crippen LogP contribution in [0, 0.1) is 0 Å². The molecule has 0 aromatic heterocycles. The molecular weight excluding hydrogens is 316 g/mol. The molecule has 5 heteroatoms.